The van der Waals surface area contributed by atoms with Gasteiger partial charge in [0.2, 0.25) is 11.8 Å². The molecule has 2 aromatic heterocycles. The number of nitriles is 1. The number of aromatic nitrogens is 2. The highest BCUT2D eigenvalue weighted by Crippen LogP contribution is 2.31. The average molecular weight is 425 g/mol. The first-order valence-electron chi connectivity index (χ1n) is 9.14. The molecular weight excluding hydrogens is 408 g/mol. The van der Waals surface area contributed by atoms with Gasteiger partial charge in [0.1, 0.15) is 6.04 Å². The molecule has 1 saturated heterocycles. The summed E-state index contributed by atoms with van der Waals surface area (Å²) < 4.78 is 32.0. The molecule has 31 heavy (non-hydrogen) atoms. The maximum absolute atomic E-state index is 13.5. The van der Waals surface area contributed by atoms with Crippen LogP contribution in [0.4, 0.5) is 8.78 Å². The lowest BCUT2D eigenvalue weighted by Gasteiger charge is -2.19. The molecule has 3 rings (SSSR count). The lowest BCUT2D eigenvalue weighted by atomic mass is 10.1. The second-order valence-electron chi connectivity index (χ2n) is 6.67. The molecule has 0 aliphatic carbocycles. The smallest absolute Gasteiger partial charge is 0.268 e. The maximum atomic E-state index is 13.5. The number of ether oxygens (including phenoxy) is 1. The summed E-state index contributed by atoms with van der Waals surface area (Å²) in [5, 5.41) is 11.4. The van der Waals surface area contributed by atoms with Gasteiger partial charge in [-0.15, -0.1) is 0 Å². The van der Waals surface area contributed by atoms with Crippen LogP contribution in [0, 0.1) is 23.2 Å². The lowest BCUT2D eigenvalue weighted by Crippen LogP contribution is -2.43. The van der Waals surface area contributed by atoms with Crippen molar-refractivity contribution in [3.05, 3.63) is 53.5 Å². The molecule has 0 radical (unpaired) electrons. The SMILES string of the molecule is COc1ccc(C#Cc2cnccc2C(=O)NCC(=O)N2CC(F)(F)C[C@H]2C#N)cn1. The number of nitrogens with zero attached hydrogens (tertiary/aromatic N) is 4. The van der Waals surface area contributed by atoms with Crippen LogP contribution in [0.25, 0.3) is 0 Å². The van der Waals surface area contributed by atoms with E-state index in [-0.39, 0.29) is 5.56 Å². The first-order valence-corrected chi connectivity index (χ1v) is 9.14. The average Bonchev–Trinajstić information content (AvgIpc) is 3.11. The Hall–Kier alpha value is -4.05. The van der Waals surface area contributed by atoms with Gasteiger partial charge in [0.05, 0.1) is 37.4 Å². The van der Waals surface area contributed by atoms with Gasteiger partial charge < -0.3 is 15.0 Å². The quantitative estimate of drug-likeness (QED) is 0.742. The van der Waals surface area contributed by atoms with Crippen molar-refractivity contribution in [3.8, 4) is 23.8 Å². The molecule has 8 nitrogen and oxygen atoms in total. The predicted octanol–water partition coefficient (Wildman–Crippen LogP) is 1.37. The Labute approximate surface area is 176 Å². The number of carbonyl (C=O) groups is 2. The van der Waals surface area contributed by atoms with Crippen molar-refractivity contribution < 1.29 is 23.1 Å². The molecule has 0 bridgehead atoms. The van der Waals surface area contributed by atoms with Crippen molar-refractivity contribution in [2.75, 3.05) is 20.2 Å². The molecule has 10 heteroatoms. The predicted molar refractivity (Wildman–Crippen MR) is 104 cm³/mol. The van der Waals surface area contributed by atoms with Crippen LogP contribution in [0.2, 0.25) is 0 Å². The summed E-state index contributed by atoms with van der Waals surface area (Å²) in [6.45, 7) is -1.37. The minimum absolute atomic E-state index is 0.167. The van der Waals surface area contributed by atoms with Gasteiger partial charge in [-0.2, -0.15) is 5.26 Å². The molecule has 3 heterocycles. The number of pyridine rings is 2. The van der Waals surface area contributed by atoms with Crippen LogP contribution in [0.1, 0.15) is 27.9 Å². The van der Waals surface area contributed by atoms with Gasteiger partial charge in [-0.05, 0) is 12.1 Å². The topological polar surface area (TPSA) is 108 Å². The molecule has 1 aliphatic heterocycles. The summed E-state index contributed by atoms with van der Waals surface area (Å²) in [6, 6.07) is 5.24. The molecule has 1 aliphatic rings. The molecule has 0 spiro atoms. The first kappa shape index (κ1) is 21.7. The van der Waals surface area contributed by atoms with Crippen LogP contribution in [0.15, 0.2) is 36.8 Å². The number of hydrogen-bond donors (Lipinski definition) is 1. The van der Waals surface area contributed by atoms with Gasteiger partial charge in [-0.25, -0.2) is 13.8 Å². The first-order chi connectivity index (χ1) is 14.8. The molecular formula is C21H17F2N5O3. The Morgan fingerprint density at radius 1 is 1.32 bits per heavy atom. The van der Waals surface area contributed by atoms with Crippen molar-refractivity contribution in [2.24, 2.45) is 0 Å². The Kier molecular flexibility index (Phi) is 6.41. The minimum Gasteiger partial charge on any atom is -0.481 e. The van der Waals surface area contributed by atoms with Crippen molar-refractivity contribution in [3.63, 3.8) is 0 Å². The third-order valence-corrected chi connectivity index (χ3v) is 4.49. The Morgan fingerprint density at radius 3 is 2.81 bits per heavy atom. The third-order valence-electron chi connectivity index (χ3n) is 4.49. The fraction of sp³-hybridized carbons (Fsp3) is 0.286. The van der Waals surface area contributed by atoms with E-state index in [1.54, 1.807) is 18.2 Å². The van der Waals surface area contributed by atoms with E-state index in [0.717, 1.165) is 4.90 Å². The van der Waals surface area contributed by atoms with E-state index in [9.17, 15) is 18.4 Å². The zero-order valence-corrected chi connectivity index (χ0v) is 16.4. The summed E-state index contributed by atoms with van der Waals surface area (Å²) in [5.74, 6) is 1.62. The van der Waals surface area contributed by atoms with Crippen molar-refractivity contribution in [1.29, 1.82) is 5.26 Å². The van der Waals surface area contributed by atoms with Crippen molar-refractivity contribution in [2.45, 2.75) is 18.4 Å². The lowest BCUT2D eigenvalue weighted by molar-refractivity contribution is -0.131. The number of hydrogen-bond acceptors (Lipinski definition) is 6. The van der Waals surface area contributed by atoms with Crippen molar-refractivity contribution >= 4 is 11.8 Å². The van der Waals surface area contributed by atoms with E-state index in [1.807, 2.05) is 0 Å². The Balaban J connectivity index is 1.68. The zero-order chi connectivity index (χ0) is 22.4. The van der Waals surface area contributed by atoms with Crippen molar-refractivity contribution in [1.82, 2.24) is 20.2 Å². The third kappa shape index (κ3) is 5.31. The van der Waals surface area contributed by atoms with Crippen LogP contribution >= 0.6 is 0 Å². The normalized spacial score (nSPS) is 16.6. The highest BCUT2D eigenvalue weighted by atomic mass is 19.3. The van der Waals surface area contributed by atoms with Gasteiger partial charge >= 0.3 is 0 Å². The van der Waals surface area contributed by atoms with Crippen LogP contribution < -0.4 is 10.1 Å². The van der Waals surface area contributed by atoms with Crippen LogP contribution in [0.3, 0.4) is 0 Å². The summed E-state index contributed by atoms with van der Waals surface area (Å²) >= 11 is 0. The standard InChI is InChI=1S/C21H17F2N5O3/c1-31-18-5-3-14(10-26-18)2-4-15-11-25-7-6-17(15)20(30)27-12-19(29)28-13-21(22,23)8-16(28)9-24/h3,5-7,10-11,16H,8,12-13H2,1H3,(H,27,30)/t16-/m0/s1. The fourth-order valence-electron chi connectivity index (χ4n) is 2.95. The van der Waals surface area contributed by atoms with E-state index >= 15 is 0 Å². The number of methoxy groups -OCH3 is 1. The van der Waals surface area contributed by atoms with Crippen LogP contribution in [-0.4, -0.2) is 58.8 Å². The summed E-state index contributed by atoms with van der Waals surface area (Å²) in [6.07, 6.45) is 3.59. The molecule has 2 aromatic rings. The number of alkyl halides is 2. The molecule has 0 saturated carbocycles. The van der Waals surface area contributed by atoms with Crippen LogP contribution in [-0.2, 0) is 4.79 Å². The molecule has 1 atom stereocenters. The summed E-state index contributed by atoms with van der Waals surface area (Å²) in [5.41, 5.74) is 1.06. The molecule has 0 aromatic carbocycles. The van der Waals surface area contributed by atoms with E-state index in [4.69, 9.17) is 10.00 Å². The monoisotopic (exact) mass is 425 g/mol. The number of amides is 2. The molecule has 0 unspecified atom stereocenters. The minimum atomic E-state index is -3.12. The van der Waals surface area contributed by atoms with E-state index in [0.29, 0.717) is 17.0 Å². The van der Waals surface area contributed by atoms with Gasteiger partial charge in [-0.1, -0.05) is 11.8 Å². The Bertz CT molecular complexity index is 1090. The number of rotatable bonds is 4. The largest absolute Gasteiger partial charge is 0.481 e. The Morgan fingerprint density at radius 2 is 2.13 bits per heavy atom. The highest BCUT2D eigenvalue weighted by Gasteiger charge is 2.47. The summed E-state index contributed by atoms with van der Waals surface area (Å²) in [4.78, 5) is 33.6. The molecule has 2 amide bonds. The number of halogens is 2. The second-order valence-corrected chi connectivity index (χ2v) is 6.67. The van der Waals surface area contributed by atoms with Gasteiger partial charge in [-0.3, -0.25) is 14.6 Å². The van der Waals surface area contributed by atoms with Crippen LogP contribution in [0.5, 0.6) is 5.88 Å². The number of nitrogens with one attached hydrogen (secondary N) is 1. The zero-order valence-electron chi connectivity index (χ0n) is 16.4. The van der Waals surface area contributed by atoms with E-state index in [1.165, 1.54) is 31.8 Å². The molecule has 1 N–H and O–H groups in total. The molecule has 158 valence electrons. The second kappa shape index (κ2) is 9.18. The highest BCUT2D eigenvalue weighted by molar-refractivity contribution is 5.98. The summed E-state index contributed by atoms with van der Waals surface area (Å²) in [7, 11) is 1.49. The van der Waals surface area contributed by atoms with E-state index < -0.39 is 43.3 Å². The maximum Gasteiger partial charge on any atom is 0.268 e. The number of carbonyl (C=O) groups excluding carboxylic acids is 2. The van der Waals surface area contributed by atoms with Gasteiger partial charge in [0.25, 0.3) is 11.8 Å². The fourth-order valence-corrected chi connectivity index (χ4v) is 2.95. The molecule has 1 fully saturated rings. The van der Waals surface area contributed by atoms with Gasteiger partial charge in [0, 0.05) is 36.6 Å². The van der Waals surface area contributed by atoms with Gasteiger partial charge in [0.15, 0.2) is 0 Å². The van der Waals surface area contributed by atoms with E-state index in [2.05, 4.69) is 27.1 Å². The number of likely N-dealkylation sites (tertiary alicyclic amines) is 1.